The number of rotatable bonds is 1. The zero-order valence-electron chi connectivity index (χ0n) is 14.3. The molecule has 4 atom stereocenters. The van der Waals surface area contributed by atoms with Gasteiger partial charge < -0.3 is 15.8 Å². The number of nitrogens with two attached hydrogens (primary N) is 1. The molecule has 3 N–H and O–H groups in total. The molecule has 0 aromatic carbocycles. The SMILES string of the molecule is CC(C)(C)OC(=O)N[C@@H]1CC[C@@H](C#N)C1.N#C[C@@H]1CC[C@@H](N)C1. The molecule has 2 rings (SSSR count). The van der Waals surface area contributed by atoms with Gasteiger partial charge in [-0.2, -0.15) is 10.5 Å². The highest BCUT2D eigenvalue weighted by Gasteiger charge is 2.27. The van der Waals surface area contributed by atoms with E-state index in [1.165, 1.54) is 0 Å². The van der Waals surface area contributed by atoms with Gasteiger partial charge in [0, 0.05) is 23.9 Å². The Hall–Kier alpha value is -1.79. The molecule has 0 aromatic heterocycles. The highest BCUT2D eigenvalue weighted by molar-refractivity contribution is 5.68. The average molecular weight is 320 g/mol. The van der Waals surface area contributed by atoms with Crippen molar-refractivity contribution in [1.82, 2.24) is 5.32 Å². The van der Waals surface area contributed by atoms with Crippen molar-refractivity contribution < 1.29 is 9.53 Å². The minimum absolute atomic E-state index is 0.0879. The zero-order chi connectivity index (χ0) is 17.5. The summed E-state index contributed by atoms with van der Waals surface area (Å²) in [6, 6.07) is 4.84. The van der Waals surface area contributed by atoms with Crippen LogP contribution >= 0.6 is 0 Å². The van der Waals surface area contributed by atoms with Gasteiger partial charge in [-0.05, 0) is 59.3 Å². The molecule has 128 valence electrons. The minimum Gasteiger partial charge on any atom is -0.444 e. The predicted molar refractivity (Wildman–Crippen MR) is 87.0 cm³/mol. The predicted octanol–water partition coefficient (Wildman–Crippen LogP) is 2.84. The Kier molecular flexibility index (Phi) is 7.32. The Bertz CT molecular complexity index is 472. The maximum absolute atomic E-state index is 11.4. The normalized spacial score (nSPS) is 29.7. The van der Waals surface area contributed by atoms with Crippen molar-refractivity contribution in [1.29, 1.82) is 10.5 Å². The number of carbonyl (C=O) groups excluding carboxylic acids is 1. The fourth-order valence-corrected chi connectivity index (χ4v) is 2.84. The second kappa shape index (κ2) is 8.74. The molecular weight excluding hydrogens is 292 g/mol. The lowest BCUT2D eigenvalue weighted by atomic mass is 10.1. The van der Waals surface area contributed by atoms with Crippen LogP contribution < -0.4 is 11.1 Å². The lowest BCUT2D eigenvalue weighted by Crippen LogP contribution is -2.37. The maximum atomic E-state index is 11.4. The third-order valence-corrected chi connectivity index (χ3v) is 3.99. The Morgan fingerprint density at radius 2 is 1.65 bits per heavy atom. The maximum Gasteiger partial charge on any atom is 0.407 e. The quantitative estimate of drug-likeness (QED) is 0.771. The second-order valence-electron chi connectivity index (χ2n) is 7.38. The van der Waals surface area contributed by atoms with E-state index in [2.05, 4.69) is 17.5 Å². The standard InChI is InChI=1S/C11H18N2O2.C6H10N2/c1-11(2,3)15-10(14)13-9-5-4-8(6-9)7-12;7-4-5-1-2-6(8)3-5/h8-9H,4-6H2,1-3H3,(H,13,14);5-6H,1-3,8H2/t8-,9-;5-,6-/m11/s1. The van der Waals surface area contributed by atoms with Crippen LogP contribution in [0, 0.1) is 34.5 Å². The van der Waals surface area contributed by atoms with E-state index in [-0.39, 0.29) is 24.0 Å². The summed E-state index contributed by atoms with van der Waals surface area (Å²) < 4.78 is 5.14. The molecular formula is C17H28N4O2. The molecule has 2 fully saturated rings. The van der Waals surface area contributed by atoms with Crippen molar-refractivity contribution in [2.24, 2.45) is 17.6 Å². The van der Waals surface area contributed by atoms with Crippen molar-refractivity contribution in [3.8, 4) is 12.1 Å². The first kappa shape index (κ1) is 19.3. The molecule has 0 aromatic rings. The van der Waals surface area contributed by atoms with Gasteiger partial charge in [-0.15, -0.1) is 0 Å². The Morgan fingerprint density at radius 3 is 2.04 bits per heavy atom. The number of ether oxygens (including phenoxy) is 1. The molecule has 0 spiro atoms. The first-order valence-corrected chi connectivity index (χ1v) is 8.27. The van der Waals surface area contributed by atoms with E-state index >= 15 is 0 Å². The third kappa shape index (κ3) is 7.85. The average Bonchev–Trinajstić information content (AvgIpc) is 3.06. The summed E-state index contributed by atoms with van der Waals surface area (Å²) in [4.78, 5) is 11.4. The molecule has 0 unspecified atom stereocenters. The van der Waals surface area contributed by atoms with Crippen molar-refractivity contribution in [3.05, 3.63) is 0 Å². The highest BCUT2D eigenvalue weighted by atomic mass is 16.6. The number of hydrogen-bond donors (Lipinski definition) is 2. The first-order chi connectivity index (χ1) is 10.7. The zero-order valence-corrected chi connectivity index (χ0v) is 14.3. The van der Waals surface area contributed by atoms with Crippen LogP contribution in [0.3, 0.4) is 0 Å². The third-order valence-electron chi connectivity index (χ3n) is 3.99. The number of hydrogen-bond acceptors (Lipinski definition) is 5. The topological polar surface area (TPSA) is 112 Å². The van der Waals surface area contributed by atoms with Gasteiger partial charge in [0.15, 0.2) is 0 Å². The molecule has 2 saturated carbocycles. The van der Waals surface area contributed by atoms with E-state index in [0.717, 1.165) is 38.5 Å². The summed E-state index contributed by atoms with van der Waals surface area (Å²) in [5.41, 5.74) is 5.09. The van der Waals surface area contributed by atoms with Crippen LogP contribution in [0.4, 0.5) is 4.79 Å². The molecule has 0 radical (unpaired) electrons. The van der Waals surface area contributed by atoms with E-state index in [4.69, 9.17) is 21.0 Å². The molecule has 2 aliphatic rings. The van der Waals surface area contributed by atoms with Crippen LogP contribution in [0.25, 0.3) is 0 Å². The Morgan fingerprint density at radius 1 is 1.09 bits per heavy atom. The lowest BCUT2D eigenvalue weighted by Gasteiger charge is -2.21. The molecule has 6 nitrogen and oxygen atoms in total. The van der Waals surface area contributed by atoms with E-state index < -0.39 is 5.60 Å². The summed E-state index contributed by atoms with van der Waals surface area (Å²) in [5.74, 6) is 0.343. The summed E-state index contributed by atoms with van der Waals surface area (Å²) in [6.07, 6.45) is 5.07. The Balaban J connectivity index is 0.000000277. The van der Waals surface area contributed by atoms with Gasteiger partial charge >= 0.3 is 6.09 Å². The summed E-state index contributed by atoms with van der Waals surface area (Å²) in [6.45, 7) is 5.50. The highest BCUT2D eigenvalue weighted by Crippen LogP contribution is 2.25. The molecule has 0 heterocycles. The van der Waals surface area contributed by atoms with Gasteiger partial charge in [0.1, 0.15) is 5.60 Å². The fourth-order valence-electron chi connectivity index (χ4n) is 2.84. The number of nitrogens with zero attached hydrogens (tertiary/aromatic N) is 2. The van der Waals surface area contributed by atoms with E-state index in [9.17, 15) is 4.79 Å². The molecule has 2 aliphatic carbocycles. The van der Waals surface area contributed by atoms with Crippen molar-refractivity contribution in [2.45, 2.75) is 77.0 Å². The van der Waals surface area contributed by atoms with Crippen LogP contribution in [-0.4, -0.2) is 23.8 Å². The molecule has 23 heavy (non-hydrogen) atoms. The number of nitrogens with one attached hydrogen (secondary N) is 1. The van der Waals surface area contributed by atoms with E-state index in [0.29, 0.717) is 6.04 Å². The summed E-state index contributed by atoms with van der Waals surface area (Å²) >= 11 is 0. The largest absolute Gasteiger partial charge is 0.444 e. The molecule has 6 heteroatoms. The van der Waals surface area contributed by atoms with Crippen molar-refractivity contribution in [3.63, 3.8) is 0 Å². The summed E-state index contributed by atoms with van der Waals surface area (Å²) in [7, 11) is 0. The van der Waals surface area contributed by atoms with E-state index in [1.807, 2.05) is 20.8 Å². The van der Waals surface area contributed by atoms with Crippen LogP contribution in [0.1, 0.15) is 59.3 Å². The molecule has 0 saturated heterocycles. The number of amides is 1. The number of carbonyl (C=O) groups is 1. The molecule has 0 aliphatic heterocycles. The lowest BCUT2D eigenvalue weighted by molar-refractivity contribution is 0.0505. The van der Waals surface area contributed by atoms with Crippen LogP contribution in [0.5, 0.6) is 0 Å². The first-order valence-electron chi connectivity index (χ1n) is 8.27. The smallest absolute Gasteiger partial charge is 0.407 e. The van der Waals surface area contributed by atoms with Gasteiger partial charge in [-0.3, -0.25) is 0 Å². The second-order valence-corrected chi connectivity index (χ2v) is 7.38. The van der Waals surface area contributed by atoms with Gasteiger partial charge in [0.05, 0.1) is 12.1 Å². The van der Waals surface area contributed by atoms with Gasteiger partial charge in [0.2, 0.25) is 0 Å². The van der Waals surface area contributed by atoms with Crippen molar-refractivity contribution in [2.75, 3.05) is 0 Å². The number of alkyl carbamates (subject to hydrolysis) is 1. The van der Waals surface area contributed by atoms with Gasteiger partial charge in [0.25, 0.3) is 0 Å². The van der Waals surface area contributed by atoms with Crippen molar-refractivity contribution >= 4 is 6.09 Å². The van der Waals surface area contributed by atoms with Crippen LogP contribution in [0.15, 0.2) is 0 Å². The molecule has 0 bridgehead atoms. The molecule has 1 amide bonds. The van der Waals surface area contributed by atoms with Crippen LogP contribution in [-0.2, 0) is 4.74 Å². The van der Waals surface area contributed by atoms with E-state index in [1.54, 1.807) is 0 Å². The Labute approximate surface area is 139 Å². The van der Waals surface area contributed by atoms with Crippen LogP contribution in [0.2, 0.25) is 0 Å². The monoisotopic (exact) mass is 320 g/mol. The summed E-state index contributed by atoms with van der Waals surface area (Å²) in [5, 5.41) is 19.9. The minimum atomic E-state index is -0.461. The van der Waals surface area contributed by atoms with Gasteiger partial charge in [-0.25, -0.2) is 4.79 Å². The number of nitriles is 2. The van der Waals surface area contributed by atoms with Gasteiger partial charge in [-0.1, -0.05) is 0 Å². The fraction of sp³-hybridized carbons (Fsp3) is 0.824.